The molecule has 0 unspecified atom stereocenters. The van der Waals surface area contributed by atoms with Gasteiger partial charge >= 0.3 is 0 Å². The van der Waals surface area contributed by atoms with Crippen LogP contribution >= 0.6 is 35.7 Å². The lowest BCUT2D eigenvalue weighted by Crippen LogP contribution is -2.31. The molecule has 1 saturated heterocycles. The van der Waals surface area contributed by atoms with E-state index in [1.165, 1.54) is 46.1 Å². The van der Waals surface area contributed by atoms with Crippen LogP contribution in [-0.4, -0.2) is 37.1 Å². The summed E-state index contributed by atoms with van der Waals surface area (Å²) in [4.78, 5) is 33.0. The molecule has 0 spiro atoms. The van der Waals surface area contributed by atoms with Crippen LogP contribution in [0.4, 0.5) is 4.39 Å². The number of halogens is 1. The monoisotopic (exact) mass is 547 g/mol. The zero-order chi connectivity index (χ0) is 25.9. The zero-order valence-electron chi connectivity index (χ0n) is 19.9. The van der Waals surface area contributed by atoms with Gasteiger partial charge in [-0.15, -0.1) is 0 Å². The molecule has 0 N–H and O–H groups in total. The summed E-state index contributed by atoms with van der Waals surface area (Å²) in [6, 6.07) is 21.7. The molecule has 37 heavy (non-hydrogen) atoms. The van der Waals surface area contributed by atoms with Gasteiger partial charge in [0.2, 0.25) is 5.91 Å². The number of hydrogen-bond acceptors (Lipinski definition) is 6. The van der Waals surface area contributed by atoms with Gasteiger partial charge in [0.25, 0.3) is 5.91 Å². The lowest BCUT2D eigenvalue weighted by molar-refractivity contribution is -0.122. The van der Waals surface area contributed by atoms with Gasteiger partial charge in [-0.05, 0) is 48.4 Å². The van der Waals surface area contributed by atoms with E-state index in [2.05, 4.69) is 24.3 Å². The molecular weight excluding hydrogens is 526 g/mol. The second-order valence-corrected chi connectivity index (χ2v) is 11.1. The highest BCUT2D eigenvalue weighted by Crippen LogP contribution is 2.33. The number of thioether (sulfide) groups is 2. The van der Waals surface area contributed by atoms with E-state index in [1.54, 1.807) is 22.8 Å². The van der Waals surface area contributed by atoms with E-state index in [9.17, 15) is 14.0 Å². The summed E-state index contributed by atoms with van der Waals surface area (Å²) in [5.74, 6) is -0.0698. The predicted molar refractivity (Wildman–Crippen MR) is 152 cm³/mol. The van der Waals surface area contributed by atoms with E-state index in [0.717, 1.165) is 16.6 Å². The number of para-hydroxylation sites is 2. The van der Waals surface area contributed by atoms with Crippen molar-refractivity contribution < 1.29 is 14.0 Å². The average Bonchev–Trinajstić information content (AvgIpc) is 3.39. The van der Waals surface area contributed by atoms with E-state index >= 15 is 0 Å². The van der Waals surface area contributed by atoms with E-state index in [-0.39, 0.29) is 30.6 Å². The fourth-order valence-corrected chi connectivity index (χ4v) is 6.19. The number of benzene rings is 3. The highest BCUT2D eigenvalue weighted by atomic mass is 32.2. The van der Waals surface area contributed by atoms with Crippen LogP contribution in [0.2, 0.25) is 0 Å². The molecule has 3 aromatic carbocycles. The molecular formula is C28H22FN3O2S3. The first kappa shape index (κ1) is 25.4. The number of carbonyl (C=O) groups excluding carboxylic acids is 2. The Kier molecular flexibility index (Phi) is 7.55. The van der Waals surface area contributed by atoms with Gasteiger partial charge in [-0.2, -0.15) is 0 Å². The fourth-order valence-electron chi connectivity index (χ4n) is 3.90. The maximum Gasteiger partial charge on any atom is 0.266 e. The molecule has 2 heterocycles. The van der Waals surface area contributed by atoms with Gasteiger partial charge in [0.1, 0.15) is 10.1 Å². The van der Waals surface area contributed by atoms with Crippen molar-refractivity contribution in [1.29, 1.82) is 0 Å². The number of aromatic nitrogens is 2. The Morgan fingerprint density at radius 3 is 2.57 bits per heavy atom. The molecule has 0 aliphatic carbocycles. The highest BCUT2D eigenvalue weighted by Gasteiger charge is 2.32. The lowest BCUT2D eigenvalue weighted by atomic mass is 10.2. The Hall–Kier alpha value is -3.27. The predicted octanol–water partition coefficient (Wildman–Crippen LogP) is 6.71. The number of rotatable bonds is 7. The first-order valence-electron chi connectivity index (χ1n) is 11.6. The number of amides is 1. The summed E-state index contributed by atoms with van der Waals surface area (Å²) in [6.07, 6.45) is 1.78. The third kappa shape index (κ3) is 5.69. The fraction of sp³-hybridized carbons (Fsp3) is 0.143. The molecule has 1 aliphatic rings. The van der Waals surface area contributed by atoms with Crippen LogP contribution < -0.4 is 0 Å². The smallest absolute Gasteiger partial charge is 0.266 e. The van der Waals surface area contributed by atoms with Crippen molar-refractivity contribution in [2.75, 3.05) is 6.54 Å². The quantitative estimate of drug-likeness (QED) is 0.146. The molecule has 1 aromatic heterocycles. The largest absolute Gasteiger partial charge is 0.292 e. The van der Waals surface area contributed by atoms with E-state index in [4.69, 9.17) is 17.2 Å². The van der Waals surface area contributed by atoms with Crippen LogP contribution in [0.3, 0.4) is 0 Å². The number of aryl methyl sites for hydroxylation is 1. The van der Waals surface area contributed by atoms with Crippen LogP contribution in [0.25, 0.3) is 17.1 Å². The summed E-state index contributed by atoms with van der Waals surface area (Å²) in [5.41, 5.74) is 4.53. The van der Waals surface area contributed by atoms with Gasteiger partial charge in [0.05, 0.1) is 15.9 Å². The second kappa shape index (κ2) is 11.0. The van der Waals surface area contributed by atoms with Gasteiger partial charge in [0.15, 0.2) is 5.16 Å². The minimum absolute atomic E-state index is 0.0920. The Bertz CT molecular complexity index is 1530. The molecule has 0 atom stereocenters. The highest BCUT2D eigenvalue weighted by molar-refractivity contribution is 8.26. The summed E-state index contributed by atoms with van der Waals surface area (Å²) in [5, 5.41) is 0.619. The number of fused-ring (bicyclic) bond motifs is 1. The van der Waals surface area contributed by atoms with Gasteiger partial charge in [-0.25, -0.2) is 9.37 Å². The third-order valence-corrected chi connectivity index (χ3v) is 8.25. The molecule has 1 amide bonds. The Morgan fingerprint density at radius 1 is 1.08 bits per heavy atom. The number of hydrogen-bond donors (Lipinski definition) is 0. The summed E-state index contributed by atoms with van der Waals surface area (Å²) >= 11 is 8.11. The number of carbonyl (C=O) groups is 2. The Labute approximate surface area is 227 Å². The van der Waals surface area contributed by atoms with E-state index < -0.39 is 0 Å². The minimum Gasteiger partial charge on any atom is -0.292 e. The van der Waals surface area contributed by atoms with Gasteiger partial charge < -0.3 is 0 Å². The van der Waals surface area contributed by atoms with Gasteiger partial charge in [0, 0.05) is 18.7 Å². The summed E-state index contributed by atoms with van der Waals surface area (Å²) < 4.78 is 15.2. The van der Waals surface area contributed by atoms with Crippen LogP contribution in [0.5, 0.6) is 0 Å². The van der Waals surface area contributed by atoms with E-state index in [1.807, 2.05) is 31.2 Å². The van der Waals surface area contributed by atoms with Crippen molar-refractivity contribution in [2.24, 2.45) is 0 Å². The SMILES string of the molecule is Cc1ccc(CSc2nc3ccccc3n2C(=O)CCN2C(=O)C(=Cc3ccc(F)cc3)SC2=S)cc1. The maximum atomic E-state index is 13.4. The molecule has 1 fully saturated rings. The van der Waals surface area contributed by atoms with Crippen LogP contribution in [0, 0.1) is 12.7 Å². The molecule has 186 valence electrons. The topological polar surface area (TPSA) is 55.2 Å². The average molecular weight is 548 g/mol. The summed E-state index contributed by atoms with van der Waals surface area (Å²) in [6.45, 7) is 2.21. The number of thiocarbonyl (C=S) groups is 1. The molecule has 1 aliphatic heterocycles. The van der Waals surface area contributed by atoms with Crippen molar-refractivity contribution in [2.45, 2.75) is 24.3 Å². The van der Waals surface area contributed by atoms with Crippen LogP contribution in [0.1, 0.15) is 27.9 Å². The van der Waals surface area contributed by atoms with Crippen molar-refractivity contribution in [3.63, 3.8) is 0 Å². The third-order valence-electron chi connectivity index (χ3n) is 5.86. The number of nitrogens with zero attached hydrogens (tertiary/aromatic N) is 3. The second-order valence-electron chi connectivity index (χ2n) is 8.52. The maximum absolute atomic E-state index is 13.4. The standard InChI is InChI=1S/C28H22FN3O2S3/c1-18-6-8-20(9-7-18)17-36-27-30-22-4-2-3-5-23(22)32(27)25(33)14-15-31-26(34)24(37-28(31)35)16-19-10-12-21(29)13-11-19/h2-13,16H,14-15,17H2,1H3. The summed E-state index contributed by atoms with van der Waals surface area (Å²) in [7, 11) is 0. The van der Waals surface area contributed by atoms with Crippen molar-refractivity contribution in [3.05, 3.63) is 100 Å². The van der Waals surface area contributed by atoms with Gasteiger partial charge in [-0.1, -0.05) is 89.8 Å². The Morgan fingerprint density at radius 2 is 1.81 bits per heavy atom. The lowest BCUT2D eigenvalue weighted by Gasteiger charge is -2.15. The van der Waals surface area contributed by atoms with Crippen LogP contribution in [0.15, 0.2) is 82.9 Å². The van der Waals surface area contributed by atoms with Crippen LogP contribution in [-0.2, 0) is 10.5 Å². The molecule has 0 bridgehead atoms. The van der Waals surface area contributed by atoms with Crippen molar-refractivity contribution in [1.82, 2.24) is 14.5 Å². The molecule has 0 radical (unpaired) electrons. The van der Waals surface area contributed by atoms with Gasteiger partial charge in [-0.3, -0.25) is 19.1 Å². The molecule has 5 nitrogen and oxygen atoms in total. The normalized spacial score (nSPS) is 14.8. The first-order valence-corrected chi connectivity index (χ1v) is 13.8. The van der Waals surface area contributed by atoms with Crippen molar-refractivity contribution in [3.8, 4) is 0 Å². The van der Waals surface area contributed by atoms with E-state index in [0.29, 0.717) is 25.7 Å². The zero-order valence-corrected chi connectivity index (χ0v) is 22.3. The number of imidazole rings is 1. The minimum atomic E-state index is -0.341. The Balaban J connectivity index is 1.32. The molecule has 0 saturated carbocycles. The molecule has 5 rings (SSSR count). The van der Waals surface area contributed by atoms with Crippen molar-refractivity contribution >= 4 is 69.0 Å². The first-order chi connectivity index (χ1) is 17.9. The molecule has 4 aromatic rings. The molecule has 9 heteroatoms.